The number of carbonyl (C=O) groups is 3. The fraction of sp³-hybridized carbons (Fsp3) is 0.462. The summed E-state index contributed by atoms with van der Waals surface area (Å²) in [4.78, 5) is 42.2. The third-order valence-corrected chi connectivity index (χ3v) is 6.72. The molecule has 1 aliphatic carbocycles. The molecule has 10 nitrogen and oxygen atoms in total. The number of anilines is 1. The highest BCUT2D eigenvalue weighted by Gasteiger charge is 2.70. The molecule has 3 amide bonds. The molecule has 0 spiro atoms. The highest BCUT2D eigenvalue weighted by molar-refractivity contribution is 5.90. The minimum atomic E-state index is -0.666. The Labute approximate surface area is 209 Å². The number of fused-ring (bicyclic) bond motifs is 1. The van der Waals surface area contributed by atoms with Gasteiger partial charge in [-0.2, -0.15) is 0 Å². The zero-order valence-electron chi connectivity index (χ0n) is 20.7. The molecule has 4 atom stereocenters. The van der Waals surface area contributed by atoms with Crippen LogP contribution in [-0.2, 0) is 24.5 Å². The Kier molecular flexibility index (Phi) is 5.86. The van der Waals surface area contributed by atoms with Crippen LogP contribution in [0.1, 0.15) is 33.4 Å². The molecule has 190 valence electrons. The third kappa shape index (κ3) is 4.48. The molecule has 5 rings (SSSR count). The van der Waals surface area contributed by atoms with Crippen LogP contribution >= 0.6 is 0 Å². The van der Waals surface area contributed by atoms with E-state index in [4.69, 9.17) is 19.2 Å². The number of aromatic nitrogens is 1. The quantitative estimate of drug-likeness (QED) is 0.655. The zero-order valence-corrected chi connectivity index (χ0v) is 20.7. The van der Waals surface area contributed by atoms with Crippen molar-refractivity contribution in [2.75, 3.05) is 24.7 Å². The maximum Gasteiger partial charge on any atom is 0.416 e. The normalized spacial score (nSPS) is 26.7. The first kappa shape index (κ1) is 24.1. The van der Waals surface area contributed by atoms with E-state index in [2.05, 4.69) is 10.6 Å². The summed E-state index contributed by atoms with van der Waals surface area (Å²) < 4.78 is 16.3. The Bertz CT molecular complexity index is 1160. The number of alkyl carbamates (subject to hydrolysis) is 1. The molecule has 36 heavy (non-hydrogen) atoms. The Balaban J connectivity index is 1.30. The van der Waals surface area contributed by atoms with Crippen LogP contribution in [0.4, 0.5) is 15.3 Å². The van der Waals surface area contributed by atoms with Crippen molar-refractivity contribution in [3.63, 3.8) is 0 Å². The van der Waals surface area contributed by atoms with Gasteiger partial charge in [-0.1, -0.05) is 18.2 Å². The molecule has 1 unspecified atom stereocenters. The SMILES string of the molecule is CC(=O)NC1CN(c2ccc(-c3ccc([C@@]4(NC(=O)OC(C)(C)C)[C@@H]5COC[C@@H]54)nc3)cc2)C(=O)O1. The van der Waals surface area contributed by atoms with Crippen molar-refractivity contribution in [1.29, 1.82) is 0 Å². The predicted molar refractivity (Wildman–Crippen MR) is 130 cm³/mol. The van der Waals surface area contributed by atoms with Gasteiger partial charge >= 0.3 is 12.2 Å². The van der Waals surface area contributed by atoms with E-state index in [1.165, 1.54) is 11.8 Å². The highest BCUT2D eigenvalue weighted by atomic mass is 16.6. The van der Waals surface area contributed by atoms with Crippen LogP contribution in [0.25, 0.3) is 11.1 Å². The van der Waals surface area contributed by atoms with Gasteiger partial charge in [-0.25, -0.2) is 9.59 Å². The number of nitrogens with one attached hydrogen (secondary N) is 2. The van der Waals surface area contributed by atoms with Crippen molar-refractivity contribution in [2.24, 2.45) is 11.8 Å². The summed E-state index contributed by atoms with van der Waals surface area (Å²) in [5, 5.41) is 5.68. The molecule has 2 aromatic rings. The molecule has 1 aromatic carbocycles. The Morgan fingerprint density at radius 3 is 2.33 bits per heavy atom. The van der Waals surface area contributed by atoms with Crippen molar-refractivity contribution < 1.29 is 28.6 Å². The van der Waals surface area contributed by atoms with Gasteiger partial charge in [0.25, 0.3) is 0 Å². The molecule has 0 bridgehead atoms. The van der Waals surface area contributed by atoms with Gasteiger partial charge in [-0.05, 0) is 44.5 Å². The molecule has 3 heterocycles. The summed E-state index contributed by atoms with van der Waals surface area (Å²) in [6.45, 7) is 8.28. The van der Waals surface area contributed by atoms with Crippen LogP contribution in [0.5, 0.6) is 0 Å². The van der Waals surface area contributed by atoms with E-state index in [0.717, 1.165) is 16.8 Å². The molecule has 0 radical (unpaired) electrons. The number of carbonyl (C=O) groups excluding carboxylic acids is 3. The summed E-state index contributed by atoms with van der Waals surface area (Å²) >= 11 is 0. The van der Waals surface area contributed by atoms with Crippen molar-refractivity contribution in [3.8, 4) is 11.1 Å². The molecule has 1 saturated carbocycles. The second-order valence-electron chi connectivity index (χ2n) is 10.4. The lowest BCUT2D eigenvalue weighted by molar-refractivity contribution is -0.121. The zero-order chi connectivity index (χ0) is 25.7. The monoisotopic (exact) mass is 494 g/mol. The van der Waals surface area contributed by atoms with Crippen LogP contribution in [0.2, 0.25) is 0 Å². The summed E-state index contributed by atoms with van der Waals surface area (Å²) in [7, 11) is 0. The van der Waals surface area contributed by atoms with E-state index in [-0.39, 0.29) is 24.3 Å². The molecular weight excluding hydrogens is 464 g/mol. The van der Waals surface area contributed by atoms with Gasteiger partial charge in [0.1, 0.15) is 5.60 Å². The van der Waals surface area contributed by atoms with Gasteiger partial charge in [0, 0.05) is 36.2 Å². The van der Waals surface area contributed by atoms with E-state index in [1.807, 2.05) is 57.2 Å². The van der Waals surface area contributed by atoms with E-state index < -0.39 is 29.6 Å². The lowest BCUT2D eigenvalue weighted by Gasteiger charge is -2.26. The molecule has 3 fully saturated rings. The first-order valence-corrected chi connectivity index (χ1v) is 12.0. The maximum atomic E-state index is 12.6. The minimum Gasteiger partial charge on any atom is -0.444 e. The first-order chi connectivity index (χ1) is 17.1. The number of rotatable bonds is 5. The number of benzene rings is 1. The number of ether oxygens (including phenoxy) is 3. The number of amides is 3. The van der Waals surface area contributed by atoms with Crippen LogP contribution in [-0.4, -0.2) is 54.7 Å². The van der Waals surface area contributed by atoms with Gasteiger partial charge < -0.3 is 24.8 Å². The third-order valence-electron chi connectivity index (χ3n) is 6.72. The summed E-state index contributed by atoms with van der Waals surface area (Å²) in [5.41, 5.74) is 2.12. The fourth-order valence-corrected chi connectivity index (χ4v) is 5.08. The smallest absolute Gasteiger partial charge is 0.416 e. The van der Waals surface area contributed by atoms with Gasteiger partial charge in [-0.15, -0.1) is 0 Å². The van der Waals surface area contributed by atoms with Crippen LogP contribution < -0.4 is 15.5 Å². The summed E-state index contributed by atoms with van der Waals surface area (Å²) in [6.07, 6.45) is 0.156. The average molecular weight is 495 g/mol. The van der Waals surface area contributed by atoms with Crippen molar-refractivity contribution in [1.82, 2.24) is 15.6 Å². The summed E-state index contributed by atoms with van der Waals surface area (Å²) in [5.74, 6) is 0.0831. The Morgan fingerprint density at radius 2 is 1.75 bits per heavy atom. The lowest BCUT2D eigenvalue weighted by Crippen LogP contribution is -2.43. The molecule has 2 aliphatic heterocycles. The number of cyclic esters (lactones) is 1. The van der Waals surface area contributed by atoms with Gasteiger partial charge in [0.05, 0.1) is 31.0 Å². The topological polar surface area (TPSA) is 119 Å². The number of pyridine rings is 1. The Hall–Kier alpha value is -3.66. The van der Waals surface area contributed by atoms with Crippen molar-refractivity contribution in [2.45, 2.75) is 45.1 Å². The van der Waals surface area contributed by atoms with Crippen LogP contribution in [0.3, 0.4) is 0 Å². The number of hydrogen-bond donors (Lipinski definition) is 2. The lowest BCUT2D eigenvalue weighted by atomic mass is 10.0. The van der Waals surface area contributed by atoms with Crippen molar-refractivity contribution >= 4 is 23.8 Å². The largest absolute Gasteiger partial charge is 0.444 e. The van der Waals surface area contributed by atoms with E-state index in [1.54, 1.807) is 6.20 Å². The van der Waals surface area contributed by atoms with E-state index >= 15 is 0 Å². The van der Waals surface area contributed by atoms with E-state index in [9.17, 15) is 14.4 Å². The number of hydrogen-bond acceptors (Lipinski definition) is 7. The number of nitrogens with zero attached hydrogens (tertiary/aromatic N) is 2. The molecular formula is C26H30N4O6. The second kappa shape index (κ2) is 8.77. The molecule has 10 heteroatoms. The molecule has 2 saturated heterocycles. The summed E-state index contributed by atoms with van der Waals surface area (Å²) in [6, 6.07) is 11.4. The Morgan fingerprint density at radius 1 is 1.08 bits per heavy atom. The first-order valence-electron chi connectivity index (χ1n) is 12.0. The molecule has 2 N–H and O–H groups in total. The molecule has 1 aromatic heterocycles. The predicted octanol–water partition coefficient (Wildman–Crippen LogP) is 3.16. The second-order valence-corrected chi connectivity index (χ2v) is 10.4. The standard InChI is InChI=1S/C26H30N4O6/c1-15(31)28-22-12-30(24(33)35-22)18-8-5-16(6-9-18)17-7-10-21(27-11-17)26(19-13-34-14-20(19)26)29-23(32)36-25(2,3)4/h5-11,19-20,22H,12-14H2,1-4H3,(H,28,31)(H,29,32)/t19-,20+,22?,26-. The van der Waals surface area contributed by atoms with E-state index in [0.29, 0.717) is 18.9 Å². The van der Waals surface area contributed by atoms with Crippen molar-refractivity contribution in [3.05, 3.63) is 48.3 Å². The van der Waals surface area contributed by atoms with Crippen LogP contribution in [0.15, 0.2) is 42.6 Å². The average Bonchev–Trinajstić information content (AvgIpc) is 3.12. The van der Waals surface area contributed by atoms with Crippen LogP contribution in [0, 0.1) is 11.8 Å². The fourth-order valence-electron chi connectivity index (χ4n) is 5.08. The minimum absolute atomic E-state index is 0.171. The maximum absolute atomic E-state index is 12.6. The highest BCUT2D eigenvalue weighted by Crippen LogP contribution is 2.60. The van der Waals surface area contributed by atoms with Gasteiger partial charge in [0.15, 0.2) is 6.23 Å². The molecule has 3 aliphatic rings. The van der Waals surface area contributed by atoms with Gasteiger partial charge in [-0.3, -0.25) is 14.7 Å². The van der Waals surface area contributed by atoms with Gasteiger partial charge in [0.2, 0.25) is 5.91 Å².